The van der Waals surface area contributed by atoms with Gasteiger partial charge in [-0.05, 0) is 13.8 Å². The number of aromatic nitrogens is 1. The molecule has 86 valence electrons. The minimum absolute atomic E-state index is 0.477. The summed E-state index contributed by atoms with van der Waals surface area (Å²) < 4.78 is 5.52. The molecular weight excluding hydrogens is 208 g/mol. The first-order valence-corrected chi connectivity index (χ1v) is 6.21. The van der Waals surface area contributed by atoms with Crippen molar-refractivity contribution in [3.05, 3.63) is 11.5 Å². The topological polar surface area (TPSA) is 38.1 Å². The largest absolute Gasteiger partial charge is 0.437 e. The fourth-order valence-electron chi connectivity index (χ4n) is 1.11. The summed E-state index contributed by atoms with van der Waals surface area (Å²) in [6, 6.07) is 0.529. The molecule has 3 nitrogen and oxygen atoms in total. The number of nitrogens with zero attached hydrogens (tertiary/aromatic N) is 1. The molecule has 0 aromatic carbocycles. The molecule has 0 saturated heterocycles. The van der Waals surface area contributed by atoms with Gasteiger partial charge in [-0.2, -0.15) is 0 Å². The fraction of sp³-hybridized carbons (Fsp3) is 0.727. The molecule has 0 radical (unpaired) electrons. The van der Waals surface area contributed by atoms with E-state index in [2.05, 4.69) is 31.1 Å². The Morgan fingerprint density at radius 1 is 1.33 bits per heavy atom. The highest BCUT2D eigenvalue weighted by Crippen LogP contribution is 2.23. The molecule has 0 aliphatic carbocycles. The standard InChI is InChI=1S/C11H20N2OS/c1-7(2)12-6-8(3)15-11-13-9(4)10(5)14-11/h7-8,12H,6H2,1-5H3. The predicted molar refractivity (Wildman–Crippen MR) is 64.4 cm³/mol. The van der Waals surface area contributed by atoms with Crippen molar-refractivity contribution in [2.45, 2.75) is 51.1 Å². The van der Waals surface area contributed by atoms with Gasteiger partial charge in [0.1, 0.15) is 5.76 Å². The number of hydrogen-bond donors (Lipinski definition) is 1. The van der Waals surface area contributed by atoms with Crippen LogP contribution in [0.2, 0.25) is 0 Å². The van der Waals surface area contributed by atoms with Gasteiger partial charge in [0.25, 0.3) is 5.22 Å². The second-order valence-electron chi connectivity index (χ2n) is 4.11. The van der Waals surface area contributed by atoms with Gasteiger partial charge < -0.3 is 9.73 Å². The average molecular weight is 228 g/mol. The number of thioether (sulfide) groups is 1. The molecule has 1 aromatic rings. The zero-order chi connectivity index (χ0) is 11.4. The molecule has 1 rings (SSSR count). The van der Waals surface area contributed by atoms with Gasteiger partial charge in [-0.15, -0.1) is 0 Å². The molecule has 1 unspecified atom stereocenters. The third kappa shape index (κ3) is 4.26. The van der Waals surface area contributed by atoms with Crippen molar-refractivity contribution >= 4 is 11.8 Å². The molecule has 0 saturated carbocycles. The second kappa shape index (κ2) is 5.56. The van der Waals surface area contributed by atoms with Crippen LogP contribution in [-0.2, 0) is 0 Å². The van der Waals surface area contributed by atoms with Crippen LogP contribution < -0.4 is 5.32 Å². The molecular formula is C11H20N2OS. The minimum Gasteiger partial charge on any atom is -0.437 e. The Balaban J connectivity index is 2.40. The van der Waals surface area contributed by atoms with E-state index in [1.54, 1.807) is 11.8 Å². The van der Waals surface area contributed by atoms with E-state index in [-0.39, 0.29) is 0 Å². The van der Waals surface area contributed by atoms with E-state index >= 15 is 0 Å². The lowest BCUT2D eigenvalue weighted by Crippen LogP contribution is -2.28. The van der Waals surface area contributed by atoms with Gasteiger partial charge in [0, 0.05) is 17.8 Å². The minimum atomic E-state index is 0.477. The van der Waals surface area contributed by atoms with Gasteiger partial charge >= 0.3 is 0 Å². The van der Waals surface area contributed by atoms with E-state index in [0.717, 1.165) is 23.2 Å². The van der Waals surface area contributed by atoms with Gasteiger partial charge in [-0.1, -0.05) is 32.5 Å². The van der Waals surface area contributed by atoms with Crippen molar-refractivity contribution in [3.8, 4) is 0 Å². The van der Waals surface area contributed by atoms with Crippen molar-refractivity contribution in [3.63, 3.8) is 0 Å². The molecule has 4 heteroatoms. The summed E-state index contributed by atoms with van der Waals surface area (Å²) in [4.78, 5) is 4.35. The van der Waals surface area contributed by atoms with Crippen molar-refractivity contribution in [2.75, 3.05) is 6.54 Å². The molecule has 1 atom stereocenters. The molecule has 0 amide bonds. The summed E-state index contributed by atoms with van der Waals surface area (Å²) in [5.41, 5.74) is 0.988. The zero-order valence-electron chi connectivity index (χ0n) is 10.1. The van der Waals surface area contributed by atoms with E-state index in [1.807, 2.05) is 13.8 Å². The molecule has 0 spiro atoms. The van der Waals surface area contributed by atoms with Crippen LogP contribution in [0.4, 0.5) is 0 Å². The molecule has 1 aromatic heterocycles. The Hall–Kier alpha value is -0.480. The highest BCUT2D eigenvalue weighted by Gasteiger charge is 2.11. The Bertz CT molecular complexity index is 290. The third-order valence-electron chi connectivity index (χ3n) is 2.12. The SMILES string of the molecule is Cc1nc(SC(C)CNC(C)C)oc1C. The lowest BCUT2D eigenvalue weighted by molar-refractivity contribution is 0.430. The molecule has 15 heavy (non-hydrogen) atoms. The number of nitrogens with one attached hydrogen (secondary N) is 1. The smallest absolute Gasteiger partial charge is 0.256 e. The summed E-state index contributed by atoms with van der Waals surface area (Å²) in [7, 11) is 0. The average Bonchev–Trinajstić information content (AvgIpc) is 2.42. The number of aryl methyl sites for hydroxylation is 2. The summed E-state index contributed by atoms with van der Waals surface area (Å²) in [6.07, 6.45) is 0. The van der Waals surface area contributed by atoms with Crippen LogP contribution in [0, 0.1) is 13.8 Å². The van der Waals surface area contributed by atoms with Gasteiger partial charge in [0.2, 0.25) is 0 Å². The Morgan fingerprint density at radius 3 is 2.47 bits per heavy atom. The molecule has 0 fully saturated rings. The van der Waals surface area contributed by atoms with Crippen LogP contribution in [0.25, 0.3) is 0 Å². The van der Waals surface area contributed by atoms with Crippen LogP contribution in [0.1, 0.15) is 32.2 Å². The van der Waals surface area contributed by atoms with E-state index in [4.69, 9.17) is 4.42 Å². The molecule has 0 bridgehead atoms. The lowest BCUT2D eigenvalue weighted by Gasteiger charge is -2.12. The summed E-state index contributed by atoms with van der Waals surface area (Å²) in [5.74, 6) is 0.918. The van der Waals surface area contributed by atoms with Gasteiger partial charge in [0.05, 0.1) is 5.69 Å². The monoisotopic (exact) mass is 228 g/mol. The van der Waals surface area contributed by atoms with E-state index in [0.29, 0.717) is 11.3 Å². The summed E-state index contributed by atoms with van der Waals surface area (Å²) in [6.45, 7) is 11.4. The molecule has 0 aliphatic rings. The molecule has 0 aliphatic heterocycles. The number of oxazole rings is 1. The van der Waals surface area contributed by atoms with Gasteiger partial charge in [-0.3, -0.25) is 0 Å². The highest BCUT2D eigenvalue weighted by molar-refractivity contribution is 7.99. The maximum Gasteiger partial charge on any atom is 0.256 e. The quantitative estimate of drug-likeness (QED) is 0.786. The van der Waals surface area contributed by atoms with E-state index in [9.17, 15) is 0 Å². The van der Waals surface area contributed by atoms with Crippen LogP contribution in [0.5, 0.6) is 0 Å². The number of rotatable bonds is 5. The maximum absolute atomic E-state index is 5.52. The van der Waals surface area contributed by atoms with Crippen LogP contribution >= 0.6 is 11.8 Å². The first kappa shape index (κ1) is 12.6. The van der Waals surface area contributed by atoms with Crippen LogP contribution in [-0.4, -0.2) is 22.8 Å². The van der Waals surface area contributed by atoms with Crippen molar-refractivity contribution in [2.24, 2.45) is 0 Å². The number of hydrogen-bond acceptors (Lipinski definition) is 4. The fourth-order valence-corrected chi connectivity index (χ4v) is 2.00. The molecule has 1 N–H and O–H groups in total. The van der Waals surface area contributed by atoms with Crippen molar-refractivity contribution in [1.82, 2.24) is 10.3 Å². The van der Waals surface area contributed by atoms with Crippen LogP contribution in [0.3, 0.4) is 0 Å². The Morgan fingerprint density at radius 2 is 2.00 bits per heavy atom. The van der Waals surface area contributed by atoms with Crippen LogP contribution in [0.15, 0.2) is 9.64 Å². The molecule has 1 heterocycles. The third-order valence-corrected chi connectivity index (χ3v) is 3.07. The van der Waals surface area contributed by atoms with Crippen molar-refractivity contribution < 1.29 is 4.42 Å². The zero-order valence-corrected chi connectivity index (χ0v) is 10.9. The normalized spacial score (nSPS) is 13.5. The Kier molecular flexibility index (Phi) is 4.67. The lowest BCUT2D eigenvalue weighted by atomic mass is 10.3. The summed E-state index contributed by atoms with van der Waals surface area (Å²) >= 11 is 1.68. The first-order chi connectivity index (χ1) is 6.99. The van der Waals surface area contributed by atoms with E-state index < -0.39 is 0 Å². The van der Waals surface area contributed by atoms with Crippen molar-refractivity contribution in [1.29, 1.82) is 0 Å². The Labute approximate surface area is 96.0 Å². The predicted octanol–water partition coefficient (Wildman–Crippen LogP) is 2.77. The van der Waals surface area contributed by atoms with E-state index in [1.165, 1.54) is 0 Å². The maximum atomic E-state index is 5.52. The summed E-state index contributed by atoms with van der Waals surface area (Å²) in [5, 5.41) is 4.65. The second-order valence-corrected chi connectivity index (χ2v) is 5.50. The highest BCUT2D eigenvalue weighted by atomic mass is 32.2. The van der Waals surface area contributed by atoms with Gasteiger partial charge in [-0.25, -0.2) is 4.98 Å². The first-order valence-electron chi connectivity index (χ1n) is 5.33. The van der Waals surface area contributed by atoms with Gasteiger partial charge in [0.15, 0.2) is 0 Å².